The van der Waals surface area contributed by atoms with Crippen molar-refractivity contribution in [2.24, 2.45) is 0 Å². The molecule has 0 saturated heterocycles. The van der Waals surface area contributed by atoms with Gasteiger partial charge in [-0.05, 0) is 18.2 Å². The third kappa shape index (κ3) is 3.90. The zero-order chi connectivity index (χ0) is 13.5. The van der Waals surface area contributed by atoms with Crippen LogP contribution in [0, 0.1) is 0 Å². The number of rotatable bonds is 6. The van der Waals surface area contributed by atoms with E-state index in [1.807, 2.05) is 0 Å². The fourth-order valence-corrected chi connectivity index (χ4v) is 1.71. The van der Waals surface area contributed by atoms with E-state index in [1.165, 1.54) is 6.92 Å². The molecule has 0 atom stereocenters. The van der Waals surface area contributed by atoms with E-state index in [4.69, 9.17) is 15.9 Å². The molecular weight excluding hydrogens is 234 g/mol. The highest BCUT2D eigenvalue weighted by Gasteiger charge is 2.11. The van der Waals surface area contributed by atoms with Crippen LogP contribution in [0.3, 0.4) is 0 Å². The molecule has 100 valence electrons. The number of carbonyl (C=O) groups excluding carboxylic acids is 1. The Hall–Kier alpha value is -1.79. The van der Waals surface area contributed by atoms with Crippen LogP contribution in [-0.4, -0.2) is 42.4 Å². The summed E-state index contributed by atoms with van der Waals surface area (Å²) in [5.74, 6) is -0.199. The van der Waals surface area contributed by atoms with E-state index in [0.29, 0.717) is 24.5 Å². The summed E-state index contributed by atoms with van der Waals surface area (Å²) in [5.41, 5.74) is 7.52. The summed E-state index contributed by atoms with van der Waals surface area (Å²) in [7, 11) is 0. The van der Waals surface area contributed by atoms with Gasteiger partial charge in [-0.3, -0.25) is 4.79 Å². The van der Waals surface area contributed by atoms with E-state index in [0.717, 1.165) is 5.69 Å². The minimum atomic E-state index is -0.199. The van der Waals surface area contributed by atoms with Crippen molar-refractivity contribution >= 4 is 23.0 Å². The second kappa shape index (κ2) is 6.83. The molecule has 1 aromatic rings. The molecule has 1 aromatic carbocycles. The topological polar surface area (TPSA) is 98.8 Å². The first-order chi connectivity index (χ1) is 8.58. The van der Waals surface area contributed by atoms with Crippen LogP contribution in [0.1, 0.15) is 6.92 Å². The van der Waals surface area contributed by atoms with Gasteiger partial charge in [0.1, 0.15) is 0 Å². The zero-order valence-electron chi connectivity index (χ0n) is 10.4. The van der Waals surface area contributed by atoms with Gasteiger partial charge in [-0.15, -0.1) is 0 Å². The lowest BCUT2D eigenvalue weighted by Crippen LogP contribution is -2.30. The van der Waals surface area contributed by atoms with E-state index < -0.39 is 0 Å². The van der Waals surface area contributed by atoms with Gasteiger partial charge in [-0.1, -0.05) is 0 Å². The van der Waals surface area contributed by atoms with Gasteiger partial charge in [0.15, 0.2) is 0 Å². The Balaban J connectivity index is 3.06. The van der Waals surface area contributed by atoms with Crippen LogP contribution in [0.2, 0.25) is 0 Å². The molecule has 0 saturated carbocycles. The van der Waals surface area contributed by atoms with Gasteiger partial charge >= 0.3 is 0 Å². The summed E-state index contributed by atoms with van der Waals surface area (Å²) in [4.78, 5) is 12.9. The maximum Gasteiger partial charge on any atom is 0.221 e. The highest BCUT2D eigenvalue weighted by molar-refractivity contribution is 5.93. The zero-order valence-corrected chi connectivity index (χ0v) is 10.4. The Labute approximate surface area is 106 Å². The third-order valence-corrected chi connectivity index (χ3v) is 2.41. The van der Waals surface area contributed by atoms with Gasteiger partial charge in [-0.25, -0.2) is 0 Å². The normalized spacial score (nSPS) is 10.2. The standard InChI is InChI=1S/C12H19N3O3/c1-9(18)14-11-8-10(13)2-3-12(11)15(4-6-16)5-7-17/h2-3,8,16-17H,4-7,13H2,1H3,(H,14,18). The summed E-state index contributed by atoms with van der Waals surface area (Å²) >= 11 is 0. The van der Waals surface area contributed by atoms with Crippen LogP contribution in [0.15, 0.2) is 18.2 Å². The van der Waals surface area contributed by atoms with E-state index in [1.54, 1.807) is 23.1 Å². The summed E-state index contributed by atoms with van der Waals surface area (Å²) < 4.78 is 0. The van der Waals surface area contributed by atoms with E-state index >= 15 is 0 Å². The molecule has 1 amide bonds. The number of aliphatic hydroxyl groups excluding tert-OH is 2. The number of hydrogen-bond donors (Lipinski definition) is 4. The number of amides is 1. The number of hydrogen-bond acceptors (Lipinski definition) is 5. The number of benzene rings is 1. The van der Waals surface area contributed by atoms with Crippen molar-refractivity contribution < 1.29 is 15.0 Å². The Kier molecular flexibility index (Phi) is 5.41. The fraction of sp³-hybridized carbons (Fsp3) is 0.417. The molecule has 0 unspecified atom stereocenters. The molecule has 1 rings (SSSR count). The molecule has 18 heavy (non-hydrogen) atoms. The average molecular weight is 253 g/mol. The first-order valence-corrected chi connectivity index (χ1v) is 5.72. The average Bonchev–Trinajstić information content (AvgIpc) is 2.28. The Bertz CT molecular complexity index is 404. The van der Waals surface area contributed by atoms with Gasteiger partial charge in [-0.2, -0.15) is 0 Å². The van der Waals surface area contributed by atoms with E-state index in [2.05, 4.69) is 5.32 Å². The number of nitrogens with two attached hydrogens (primary N) is 1. The third-order valence-electron chi connectivity index (χ3n) is 2.41. The molecule has 0 aliphatic heterocycles. The summed E-state index contributed by atoms with van der Waals surface area (Å²) in [5, 5.41) is 20.7. The molecule has 0 aromatic heterocycles. The van der Waals surface area contributed by atoms with E-state index in [-0.39, 0.29) is 19.1 Å². The second-order valence-corrected chi connectivity index (χ2v) is 3.89. The molecular formula is C12H19N3O3. The monoisotopic (exact) mass is 253 g/mol. The molecule has 0 bridgehead atoms. The molecule has 6 heteroatoms. The Morgan fingerprint density at radius 1 is 1.33 bits per heavy atom. The van der Waals surface area contributed by atoms with Crippen molar-refractivity contribution in [3.63, 3.8) is 0 Å². The minimum absolute atomic E-state index is 0.0378. The second-order valence-electron chi connectivity index (χ2n) is 3.89. The maximum absolute atomic E-state index is 11.1. The smallest absolute Gasteiger partial charge is 0.221 e. The predicted molar refractivity (Wildman–Crippen MR) is 71.5 cm³/mol. The van der Waals surface area contributed by atoms with E-state index in [9.17, 15) is 4.79 Å². The fourth-order valence-electron chi connectivity index (χ4n) is 1.71. The van der Waals surface area contributed by atoms with Crippen LogP contribution in [0.5, 0.6) is 0 Å². The highest BCUT2D eigenvalue weighted by Crippen LogP contribution is 2.28. The molecule has 0 aliphatic rings. The highest BCUT2D eigenvalue weighted by atomic mass is 16.3. The Morgan fingerprint density at radius 2 is 1.94 bits per heavy atom. The van der Waals surface area contributed by atoms with Gasteiger partial charge in [0.05, 0.1) is 24.6 Å². The van der Waals surface area contributed by atoms with Crippen molar-refractivity contribution in [1.82, 2.24) is 0 Å². The summed E-state index contributed by atoms with van der Waals surface area (Å²) in [6, 6.07) is 5.12. The summed E-state index contributed by atoms with van der Waals surface area (Å²) in [6.07, 6.45) is 0. The first kappa shape index (κ1) is 14.3. The lowest BCUT2D eigenvalue weighted by molar-refractivity contribution is -0.114. The predicted octanol–water partition coefficient (Wildman–Crippen LogP) is 0.0182. The van der Waals surface area contributed by atoms with Crippen LogP contribution in [0.4, 0.5) is 17.1 Å². The van der Waals surface area contributed by atoms with Crippen LogP contribution < -0.4 is 16.0 Å². The minimum Gasteiger partial charge on any atom is -0.399 e. The number of aliphatic hydroxyl groups is 2. The van der Waals surface area contributed by atoms with Gasteiger partial charge < -0.3 is 26.2 Å². The largest absolute Gasteiger partial charge is 0.399 e. The number of anilines is 3. The lowest BCUT2D eigenvalue weighted by atomic mass is 10.2. The lowest BCUT2D eigenvalue weighted by Gasteiger charge is -2.25. The summed E-state index contributed by atoms with van der Waals surface area (Å²) in [6.45, 7) is 2.08. The van der Waals surface area contributed by atoms with Gasteiger partial charge in [0, 0.05) is 25.7 Å². The Morgan fingerprint density at radius 3 is 2.44 bits per heavy atom. The SMILES string of the molecule is CC(=O)Nc1cc(N)ccc1N(CCO)CCO. The molecule has 6 nitrogen and oxygen atoms in total. The van der Waals surface area contributed by atoms with Crippen molar-refractivity contribution in [2.45, 2.75) is 6.92 Å². The van der Waals surface area contributed by atoms with Crippen LogP contribution >= 0.6 is 0 Å². The molecule has 0 radical (unpaired) electrons. The molecule has 0 heterocycles. The molecule has 0 spiro atoms. The maximum atomic E-state index is 11.1. The quantitative estimate of drug-likeness (QED) is 0.536. The molecule has 0 aliphatic carbocycles. The van der Waals surface area contributed by atoms with Gasteiger partial charge in [0.2, 0.25) is 5.91 Å². The first-order valence-electron chi connectivity index (χ1n) is 5.72. The van der Waals surface area contributed by atoms with Gasteiger partial charge in [0.25, 0.3) is 0 Å². The number of nitrogen functional groups attached to an aromatic ring is 1. The van der Waals surface area contributed by atoms with Crippen LogP contribution in [0.25, 0.3) is 0 Å². The molecule has 0 fully saturated rings. The number of carbonyl (C=O) groups is 1. The van der Waals surface area contributed by atoms with Crippen molar-refractivity contribution in [3.05, 3.63) is 18.2 Å². The van der Waals surface area contributed by atoms with Crippen LogP contribution in [-0.2, 0) is 4.79 Å². The van der Waals surface area contributed by atoms with Crippen molar-refractivity contribution in [2.75, 3.05) is 42.3 Å². The number of nitrogens with zero attached hydrogens (tertiary/aromatic N) is 1. The van der Waals surface area contributed by atoms with Crippen molar-refractivity contribution in [1.29, 1.82) is 0 Å². The molecule has 5 N–H and O–H groups in total. The number of nitrogens with one attached hydrogen (secondary N) is 1. The van der Waals surface area contributed by atoms with Crippen molar-refractivity contribution in [3.8, 4) is 0 Å².